The molecule has 3 N–H and O–H groups in total. The van der Waals surface area contributed by atoms with E-state index in [9.17, 15) is 4.79 Å². The number of benzene rings is 1. The Morgan fingerprint density at radius 3 is 2.94 bits per heavy atom. The molecule has 2 aromatic rings. The fraction of sp³-hybridized carbons (Fsp3) is 0.458. The summed E-state index contributed by atoms with van der Waals surface area (Å²) in [6, 6.07) is 9.84. The molecule has 0 bridgehead atoms. The van der Waals surface area contributed by atoms with Crippen molar-refractivity contribution >= 4 is 29.1 Å². The van der Waals surface area contributed by atoms with Crippen LogP contribution in [0.3, 0.4) is 0 Å². The molecule has 3 aliphatic rings. The topological polar surface area (TPSA) is 90.9 Å². The number of nitrogens with zero attached hydrogens (tertiary/aromatic N) is 3. The van der Waals surface area contributed by atoms with Crippen molar-refractivity contribution in [3.8, 4) is 5.75 Å². The van der Waals surface area contributed by atoms with E-state index in [-0.39, 0.29) is 6.03 Å². The molecule has 1 saturated carbocycles. The van der Waals surface area contributed by atoms with E-state index in [2.05, 4.69) is 20.9 Å². The minimum absolute atomic E-state index is 0.103. The van der Waals surface area contributed by atoms with Gasteiger partial charge < -0.3 is 25.6 Å². The number of likely N-dealkylation sites (tertiary alicyclic amines) is 1. The number of anilines is 3. The van der Waals surface area contributed by atoms with E-state index in [1.165, 1.54) is 12.8 Å². The maximum Gasteiger partial charge on any atom is 0.321 e. The second-order valence-electron chi connectivity index (χ2n) is 8.93. The second-order valence-corrected chi connectivity index (χ2v) is 8.93. The summed E-state index contributed by atoms with van der Waals surface area (Å²) < 4.78 is 5.27. The fourth-order valence-electron chi connectivity index (χ4n) is 4.90. The van der Waals surface area contributed by atoms with Gasteiger partial charge in [0, 0.05) is 18.4 Å². The fourth-order valence-corrected chi connectivity index (χ4v) is 4.90. The molecular formula is C24H30N6O2. The molecule has 2 aliphatic heterocycles. The molecule has 0 radical (unpaired) electrons. The third-order valence-electron chi connectivity index (χ3n) is 6.74. The van der Waals surface area contributed by atoms with Gasteiger partial charge in [-0.25, -0.2) is 9.78 Å². The quantitative estimate of drug-likeness (QED) is 0.672. The number of urea groups is 1. The number of pyridine rings is 1. The highest BCUT2D eigenvalue weighted by atomic mass is 16.5. The number of aromatic nitrogens is 1. The van der Waals surface area contributed by atoms with Crippen molar-refractivity contribution in [3.05, 3.63) is 42.1 Å². The second kappa shape index (κ2) is 8.33. The average Bonchev–Trinajstić information content (AvgIpc) is 3.46. The molecule has 168 valence electrons. The highest BCUT2D eigenvalue weighted by molar-refractivity contribution is 6.09. The number of methoxy groups -OCH3 is 1. The van der Waals surface area contributed by atoms with Gasteiger partial charge in [-0.1, -0.05) is 12.8 Å². The molecule has 5 rings (SSSR count). The summed E-state index contributed by atoms with van der Waals surface area (Å²) in [7, 11) is 1.64. The summed E-state index contributed by atoms with van der Waals surface area (Å²) in [6.45, 7) is 3.16. The summed E-state index contributed by atoms with van der Waals surface area (Å²) in [5, 5.41) is 10.2. The molecule has 1 spiro atoms. The summed E-state index contributed by atoms with van der Waals surface area (Å²) in [6.07, 6.45) is 7.27. The number of fused-ring (bicyclic) bond motifs is 1. The summed E-state index contributed by atoms with van der Waals surface area (Å²) in [5.74, 6) is 2.48. The van der Waals surface area contributed by atoms with E-state index in [1.807, 2.05) is 42.2 Å². The number of ether oxygens (including phenoxy) is 1. The first kappa shape index (κ1) is 20.6. The van der Waals surface area contributed by atoms with Crippen LogP contribution >= 0.6 is 0 Å². The number of amides is 2. The van der Waals surface area contributed by atoms with Gasteiger partial charge in [-0.05, 0) is 62.1 Å². The summed E-state index contributed by atoms with van der Waals surface area (Å²) in [5.41, 5.74) is 2.28. The lowest BCUT2D eigenvalue weighted by Crippen LogP contribution is -2.55. The van der Waals surface area contributed by atoms with Gasteiger partial charge >= 0.3 is 6.03 Å². The van der Waals surface area contributed by atoms with Crippen molar-refractivity contribution in [1.29, 1.82) is 0 Å². The van der Waals surface area contributed by atoms with Crippen LogP contribution in [0.5, 0.6) is 5.75 Å². The van der Waals surface area contributed by atoms with Crippen molar-refractivity contribution in [3.63, 3.8) is 0 Å². The molecular weight excluding hydrogens is 404 g/mol. The molecule has 1 aromatic heterocycles. The van der Waals surface area contributed by atoms with E-state index in [1.54, 1.807) is 13.3 Å². The number of hydrogen-bond donors (Lipinski definition) is 3. The minimum Gasteiger partial charge on any atom is -0.497 e. The van der Waals surface area contributed by atoms with Gasteiger partial charge in [-0.2, -0.15) is 0 Å². The number of carbonyl (C=O) groups excluding carboxylic acids is 1. The summed E-state index contributed by atoms with van der Waals surface area (Å²) in [4.78, 5) is 24.6. The van der Waals surface area contributed by atoms with Crippen LogP contribution in [-0.2, 0) is 0 Å². The smallest absolute Gasteiger partial charge is 0.321 e. The van der Waals surface area contributed by atoms with E-state index in [0.717, 1.165) is 53.6 Å². The minimum atomic E-state index is -0.426. The number of rotatable bonds is 3. The Hall–Kier alpha value is -3.29. The average molecular weight is 435 g/mol. The Bertz CT molecular complexity index is 1050. The van der Waals surface area contributed by atoms with Crippen molar-refractivity contribution in [2.45, 2.75) is 50.6 Å². The zero-order chi connectivity index (χ0) is 22.1. The molecule has 3 heterocycles. The molecule has 1 aromatic carbocycles. The van der Waals surface area contributed by atoms with E-state index in [0.29, 0.717) is 19.1 Å². The van der Waals surface area contributed by atoms with Crippen molar-refractivity contribution in [2.75, 3.05) is 36.1 Å². The van der Waals surface area contributed by atoms with Crippen LogP contribution in [0.15, 0.2) is 41.5 Å². The van der Waals surface area contributed by atoms with Crippen molar-refractivity contribution < 1.29 is 9.53 Å². The Morgan fingerprint density at radius 2 is 2.16 bits per heavy atom. The van der Waals surface area contributed by atoms with Gasteiger partial charge in [0.15, 0.2) is 5.82 Å². The Labute approximate surface area is 188 Å². The molecule has 1 saturated heterocycles. The third kappa shape index (κ3) is 3.85. The number of aryl methyl sites for hydroxylation is 1. The van der Waals surface area contributed by atoms with Crippen LogP contribution in [0.4, 0.5) is 22.0 Å². The predicted molar refractivity (Wildman–Crippen MR) is 127 cm³/mol. The molecule has 2 amide bonds. The molecule has 1 aliphatic carbocycles. The van der Waals surface area contributed by atoms with Crippen LogP contribution in [-0.4, -0.2) is 53.5 Å². The number of nitrogens with one attached hydrogen (secondary N) is 3. The molecule has 2 fully saturated rings. The number of amidine groups is 1. The monoisotopic (exact) mass is 434 g/mol. The van der Waals surface area contributed by atoms with Gasteiger partial charge in [-0.15, -0.1) is 0 Å². The third-order valence-corrected chi connectivity index (χ3v) is 6.74. The number of aliphatic imine (C=N–C) groups is 1. The van der Waals surface area contributed by atoms with Gasteiger partial charge in [0.2, 0.25) is 0 Å². The molecule has 1 atom stereocenters. The van der Waals surface area contributed by atoms with Crippen LogP contribution < -0.4 is 20.7 Å². The maximum atomic E-state index is 13.1. The van der Waals surface area contributed by atoms with Crippen LogP contribution in [0.2, 0.25) is 0 Å². The first-order valence-corrected chi connectivity index (χ1v) is 11.4. The highest BCUT2D eigenvalue weighted by Crippen LogP contribution is 2.36. The molecule has 1 unspecified atom stereocenters. The Balaban J connectivity index is 1.37. The van der Waals surface area contributed by atoms with Gasteiger partial charge in [0.25, 0.3) is 0 Å². The lowest BCUT2D eigenvalue weighted by molar-refractivity contribution is 0.221. The lowest BCUT2D eigenvalue weighted by atomic mass is 9.93. The first-order chi connectivity index (χ1) is 15.6. The zero-order valence-electron chi connectivity index (χ0n) is 18.6. The lowest BCUT2D eigenvalue weighted by Gasteiger charge is -2.38. The zero-order valence-corrected chi connectivity index (χ0v) is 18.6. The van der Waals surface area contributed by atoms with Crippen LogP contribution in [0, 0.1) is 6.92 Å². The van der Waals surface area contributed by atoms with E-state index >= 15 is 0 Å². The Kier molecular flexibility index (Phi) is 5.36. The largest absolute Gasteiger partial charge is 0.497 e. The standard InChI is InChI=1S/C24H30N6O2/c1-16-14-18(32-2)9-10-19(16)27-23(31)30-13-11-24(15-30)22(26-17-6-3-4-7-17)28-21-20(29-24)8-5-12-25-21/h5,8-10,12,14,17,29H,3-4,6-7,11,13,15H2,1-2H3,(H,27,31)(H,25,26,28). The maximum absolute atomic E-state index is 13.1. The normalized spacial score (nSPS) is 23.7. The highest BCUT2D eigenvalue weighted by Gasteiger charge is 2.47. The van der Waals surface area contributed by atoms with E-state index < -0.39 is 5.54 Å². The van der Waals surface area contributed by atoms with E-state index in [4.69, 9.17) is 9.73 Å². The van der Waals surface area contributed by atoms with Gasteiger partial charge in [0.1, 0.15) is 17.1 Å². The molecule has 8 heteroatoms. The Morgan fingerprint density at radius 1 is 1.31 bits per heavy atom. The van der Waals surface area contributed by atoms with Crippen LogP contribution in [0.1, 0.15) is 37.7 Å². The number of hydrogen-bond acceptors (Lipinski definition) is 5. The summed E-state index contributed by atoms with van der Waals surface area (Å²) >= 11 is 0. The predicted octanol–water partition coefficient (Wildman–Crippen LogP) is 4.25. The van der Waals surface area contributed by atoms with Crippen molar-refractivity contribution in [1.82, 2.24) is 9.88 Å². The van der Waals surface area contributed by atoms with Crippen LogP contribution in [0.25, 0.3) is 0 Å². The van der Waals surface area contributed by atoms with Gasteiger partial charge in [-0.3, -0.25) is 4.99 Å². The first-order valence-electron chi connectivity index (χ1n) is 11.4. The molecule has 8 nitrogen and oxygen atoms in total. The SMILES string of the molecule is COc1ccc(NC(=O)N2CCC3(C2)Nc2cccnc2NC3=NC2CCCC2)c(C)c1. The van der Waals surface area contributed by atoms with Gasteiger partial charge in [0.05, 0.1) is 25.4 Å². The van der Waals surface area contributed by atoms with Crippen molar-refractivity contribution in [2.24, 2.45) is 4.99 Å². The molecule has 32 heavy (non-hydrogen) atoms. The number of carbonyl (C=O) groups is 1.